The van der Waals surface area contributed by atoms with Crippen molar-refractivity contribution in [1.29, 1.82) is 0 Å². The van der Waals surface area contributed by atoms with E-state index in [9.17, 15) is 4.79 Å². The highest BCUT2D eigenvalue weighted by molar-refractivity contribution is 5.96. The van der Waals surface area contributed by atoms with Gasteiger partial charge in [-0.05, 0) is 18.2 Å². The van der Waals surface area contributed by atoms with Crippen molar-refractivity contribution in [1.82, 2.24) is 4.98 Å². The Hall–Kier alpha value is -2.10. The molecule has 0 fully saturated rings. The van der Waals surface area contributed by atoms with Crippen molar-refractivity contribution in [3.63, 3.8) is 0 Å². The fourth-order valence-electron chi connectivity index (χ4n) is 1.29. The lowest BCUT2D eigenvalue weighted by molar-refractivity contribution is 0.0696. The number of hydrogen-bond donors (Lipinski definition) is 2. The van der Waals surface area contributed by atoms with Gasteiger partial charge in [-0.1, -0.05) is 6.07 Å². The molecule has 1 heterocycles. The number of nitrogen functional groups attached to an aromatic ring is 1. The van der Waals surface area contributed by atoms with Crippen LogP contribution < -0.4 is 5.73 Å². The van der Waals surface area contributed by atoms with E-state index in [1.165, 1.54) is 12.3 Å². The molecule has 14 heavy (non-hydrogen) atoms. The van der Waals surface area contributed by atoms with Crippen molar-refractivity contribution >= 4 is 22.6 Å². The second-order valence-electron chi connectivity index (χ2n) is 2.94. The normalized spacial score (nSPS) is 10.3. The number of carboxylic acids is 1. The van der Waals surface area contributed by atoms with Gasteiger partial charge in [0.05, 0.1) is 11.1 Å². The van der Waals surface area contributed by atoms with Crippen molar-refractivity contribution in [2.45, 2.75) is 0 Å². The number of carbonyl (C=O) groups is 1. The predicted octanol–water partition coefficient (Wildman–Crippen LogP) is 1.52. The van der Waals surface area contributed by atoms with Gasteiger partial charge in [-0.3, -0.25) is 4.98 Å². The highest BCUT2D eigenvalue weighted by Crippen LogP contribution is 2.19. The second kappa shape index (κ2) is 2.99. The maximum absolute atomic E-state index is 10.7. The van der Waals surface area contributed by atoms with Crippen LogP contribution in [0.15, 0.2) is 30.5 Å². The summed E-state index contributed by atoms with van der Waals surface area (Å²) in [5.41, 5.74) is 7.08. The van der Waals surface area contributed by atoms with Crippen molar-refractivity contribution in [2.75, 3.05) is 5.73 Å². The molecular formula is C10H8N2O2. The molecule has 3 N–H and O–H groups in total. The Balaban J connectivity index is 2.76. The molecule has 0 bridgehead atoms. The number of aromatic nitrogens is 1. The van der Waals surface area contributed by atoms with E-state index in [2.05, 4.69) is 4.98 Å². The van der Waals surface area contributed by atoms with E-state index < -0.39 is 5.97 Å². The molecule has 0 saturated carbocycles. The van der Waals surface area contributed by atoms with Gasteiger partial charge in [0.15, 0.2) is 0 Å². The molecule has 0 amide bonds. The minimum Gasteiger partial charge on any atom is -0.478 e. The van der Waals surface area contributed by atoms with Crippen LogP contribution in [-0.4, -0.2) is 16.1 Å². The van der Waals surface area contributed by atoms with Gasteiger partial charge in [0.2, 0.25) is 0 Å². The number of pyridine rings is 1. The third kappa shape index (κ3) is 1.26. The van der Waals surface area contributed by atoms with Crippen molar-refractivity contribution in [3.8, 4) is 0 Å². The standard InChI is InChI=1S/C10H8N2O2/c11-8-2-1-3-9-7(8)4-6(5-12-9)10(13)14/h1-5H,11H2,(H,13,14). The molecule has 0 aliphatic heterocycles. The Labute approximate surface area is 80.0 Å². The summed E-state index contributed by atoms with van der Waals surface area (Å²) in [6.45, 7) is 0. The number of hydrogen-bond acceptors (Lipinski definition) is 3. The largest absolute Gasteiger partial charge is 0.478 e. The predicted molar refractivity (Wildman–Crippen MR) is 53.1 cm³/mol. The van der Waals surface area contributed by atoms with E-state index in [0.717, 1.165) is 0 Å². The smallest absolute Gasteiger partial charge is 0.337 e. The Morgan fingerprint density at radius 3 is 2.93 bits per heavy atom. The van der Waals surface area contributed by atoms with E-state index in [1.54, 1.807) is 18.2 Å². The minimum atomic E-state index is -0.998. The number of nitrogens with zero attached hydrogens (tertiary/aromatic N) is 1. The summed E-state index contributed by atoms with van der Waals surface area (Å²) in [4.78, 5) is 14.7. The quantitative estimate of drug-likeness (QED) is 0.665. The molecule has 2 rings (SSSR count). The molecule has 0 saturated heterocycles. The van der Waals surface area contributed by atoms with Gasteiger partial charge >= 0.3 is 5.97 Å². The van der Waals surface area contributed by atoms with Gasteiger partial charge in [-0.15, -0.1) is 0 Å². The van der Waals surface area contributed by atoms with Crippen LogP contribution in [0, 0.1) is 0 Å². The summed E-state index contributed by atoms with van der Waals surface area (Å²) in [6, 6.07) is 6.82. The van der Waals surface area contributed by atoms with E-state index in [-0.39, 0.29) is 5.56 Å². The Bertz CT molecular complexity index is 508. The summed E-state index contributed by atoms with van der Waals surface area (Å²) in [6.07, 6.45) is 1.32. The number of nitrogens with two attached hydrogens (primary N) is 1. The van der Waals surface area contributed by atoms with Crippen LogP contribution in [0.3, 0.4) is 0 Å². The zero-order chi connectivity index (χ0) is 10.1. The lowest BCUT2D eigenvalue weighted by Crippen LogP contribution is -1.98. The molecule has 2 aromatic rings. The first kappa shape index (κ1) is 8.50. The summed E-state index contributed by atoms with van der Waals surface area (Å²) < 4.78 is 0. The number of benzene rings is 1. The second-order valence-corrected chi connectivity index (χ2v) is 2.94. The SMILES string of the molecule is Nc1cccc2ncc(C(=O)O)cc12. The van der Waals surface area contributed by atoms with Crippen LogP contribution in [0.1, 0.15) is 10.4 Å². The zero-order valence-electron chi connectivity index (χ0n) is 7.27. The topological polar surface area (TPSA) is 76.2 Å². The minimum absolute atomic E-state index is 0.149. The summed E-state index contributed by atoms with van der Waals surface area (Å²) in [5.74, 6) is -0.998. The first-order valence-corrected chi connectivity index (χ1v) is 4.06. The van der Waals surface area contributed by atoms with Crippen LogP contribution in [0.5, 0.6) is 0 Å². The van der Waals surface area contributed by atoms with Crippen molar-refractivity contribution in [2.24, 2.45) is 0 Å². The molecule has 0 atom stereocenters. The highest BCUT2D eigenvalue weighted by atomic mass is 16.4. The van der Waals surface area contributed by atoms with Crippen LogP contribution in [0.4, 0.5) is 5.69 Å². The third-order valence-electron chi connectivity index (χ3n) is 2.01. The monoisotopic (exact) mass is 188 g/mol. The van der Waals surface area contributed by atoms with E-state index in [4.69, 9.17) is 10.8 Å². The molecule has 4 heteroatoms. The van der Waals surface area contributed by atoms with Crippen molar-refractivity contribution in [3.05, 3.63) is 36.0 Å². The number of aromatic carboxylic acids is 1. The van der Waals surface area contributed by atoms with Gasteiger partial charge in [0.25, 0.3) is 0 Å². The fraction of sp³-hybridized carbons (Fsp3) is 0. The fourth-order valence-corrected chi connectivity index (χ4v) is 1.29. The van der Waals surface area contributed by atoms with Gasteiger partial charge in [-0.25, -0.2) is 4.79 Å². The number of rotatable bonds is 1. The molecule has 4 nitrogen and oxygen atoms in total. The van der Waals surface area contributed by atoms with Crippen LogP contribution >= 0.6 is 0 Å². The van der Waals surface area contributed by atoms with Gasteiger partial charge in [0.1, 0.15) is 0 Å². The van der Waals surface area contributed by atoms with Crippen LogP contribution in [0.2, 0.25) is 0 Å². The molecule has 0 unspecified atom stereocenters. The third-order valence-corrected chi connectivity index (χ3v) is 2.01. The Kier molecular flexibility index (Phi) is 1.81. The van der Waals surface area contributed by atoms with Crippen LogP contribution in [0.25, 0.3) is 10.9 Å². The number of fused-ring (bicyclic) bond motifs is 1. The lowest BCUT2D eigenvalue weighted by atomic mass is 10.1. The number of anilines is 1. The van der Waals surface area contributed by atoms with Crippen molar-refractivity contribution < 1.29 is 9.90 Å². The summed E-state index contributed by atoms with van der Waals surface area (Å²) in [5, 5.41) is 9.43. The molecule has 0 aliphatic rings. The summed E-state index contributed by atoms with van der Waals surface area (Å²) in [7, 11) is 0. The first-order chi connectivity index (χ1) is 6.68. The van der Waals surface area contributed by atoms with Gasteiger partial charge in [-0.2, -0.15) is 0 Å². The van der Waals surface area contributed by atoms with E-state index in [0.29, 0.717) is 16.6 Å². The highest BCUT2D eigenvalue weighted by Gasteiger charge is 2.05. The average molecular weight is 188 g/mol. The molecule has 0 aliphatic carbocycles. The molecular weight excluding hydrogens is 180 g/mol. The van der Waals surface area contributed by atoms with Gasteiger partial charge < -0.3 is 10.8 Å². The van der Waals surface area contributed by atoms with Gasteiger partial charge in [0, 0.05) is 17.3 Å². The molecule has 0 radical (unpaired) electrons. The maximum Gasteiger partial charge on any atom is 0.337 e. The maximum atomic E-state index is 10.7. The average Bonchev–Trinajstić information content (AvgIpc) is 2.18. The Morgan fingerprint density at radius 1 is 1.43 bits per heavy atom. The molecule has 70 valence electrons. The zero-order valence-corrected chi connectivity index (χ0v) is 7.27. The first-order valence-electron chi connectivity index (χ1n) is 4.06. The molecule has 1 aromatic heterocycles. The van der Waals surface area contributed by atoms with E-state index in [1.807, 2.05) is 0 Å². The molecule has 0 spiro atoms. The van der Waals surface area contributed by atoms with E-state index >= 15 is 0 Å². The lowest BCUT2D eigenvalue weighted by Gasteiger charge is -2.01. The number of carboxylic acid groups (broad SMARTS) is 1. The van der Waals surface area contributed by atoms with Crippen LogP contribution in [-0.2, 0) is 0 Å². The Morgan fingerprint density at radius 2 is 2.21 bits per heavy atom. The molecule has 1 aromatic carbocycles. The summed E-state index contributed by atoms with van der Waals surface area (Å²) >= 11 is 0.